The van der Waals surface area contributed by atoms with E-state index in [1.807, 2.05) is 18.3 Å². The molecule has 6 nitrogen and oxygen atoms in total. The fraction of sp³-hybridized carbons (Fsp3) is 0.238. The molecule has 7 heteroatoms. The summed E-state index contributed by atoms with van der Waals surface area (Å²) in [7, 11) is 1.74. The van der Waals surface area contributed by atoms with Crippen molar-refractivity contribution in [1.29, 1.82) is 0 Å². The first-order chi connectivity index (χ1) is 13.6. The molecular formula is C21H22FN5O. The molecule has 28 heavy (non-hydrogen) atoms. The van der Waals surface area contributed by atoms with Crippen LogP contribution in [0.5, 0.6) is 0 Å². The first-order valence-corrected chi connectivity index (χ1v) is 9.22. The first-order valence-electron chi connectivity index (χ1n) is 9.22. The Labute approximate surface area is 163 Å². The average molecular weight is 379 g/mol. The van der Waals surface area contributed by atoms with E-state index in [1.54, 1.807) is 30.4 Å². The Balaban J connectivity index is 1.43. The second-order valence-corrected chi connectivity index (χ2v) is 6.89. The van der Waals surface area contributed by atoms with Gasteiger partial charge in [-0.2, -0.15) is 0 Å². The van der Waals surface area contributed by atoms with Gasteiger partial charge < -0.3 is 15.2 Å². The zero-order chi connectivity index (χ0) is 19.5. The minimum absolute atomic E-state index is 0.207. The van der Waals surface area contributed by atoms with E-state index >= 15 is 0 Å². The van der Waals surface area contributed by atoms with Crippen LogP contribution in [0.1, 0.15) is 16.8 Å². The maximum absolute atomic E-state index is 13.0. The number of urea groups is 1. The molecule has 0 bridgehead atoms. The number of carbonyl (C=O) groups is 1. The highest BCUT2D eigenvalue weighted by Gasteiger charge is 2.21. The van der Waals surface area contributed by atoms with Crippen molar-refractivity contribution in [2.75, 3.05) is 23.4 Å². The van der Waals surface area contributed by atoms with Crippen molar-refractivity contribution in [3.8, 4) is 0 Å². The second-order valence-electron chi connectivity index (χ2n) is 6.89. The summed E-state index contributed by atoms with van der Waals surface area (Å²) in [6.07, 6.45) is 4.57. The number of nitrogens with zero attached hydrogens (tertiary/aromatic N) is 3. The highest BCUT2D eigenvalue weighted by Crippen LogP contribution is 2.32. The smallest absolute Gasteiger partial charge is 0.321 e. The number of amides is 2. The van der Waals surface area contributed by atoms with E-state index in [9.17, 15) is 9.18 Å². The summed E-state index contributed by atoms with van der Waals surface area (Å²) >= 11 is 0. The minimum Gasteiger partial charge on any atom is -0.365 e. The van der Waals surface area contributed by atoms with Gasteiger partial charge in [0, 0.05) is 37.7 Å². The third-order valence-electron chi connectivity index (χ3n) is 5.02. The molecule has 0 saturated carbocycles. The molecule has 2 aromatic carbocycles. The number of aromatic nitrogens is 2. The van der Waals surface area contributed by atoms with Gasteiger partial charge in [-0.05, 0) is 41.8 Å². The molecule has 144 valence electrons. The standard InChI is InChI=1S/C21H22FN5O/c1-26(21(28)24-11-15-2-5-17(22)6-3-15)19-7-4-16-8-9-27(20(16)10-19)13-18-12-23-14-25-18/h2-7,10,12,14H,8-9,11,13H2,1H3,(H,23,25)(H,24,28). The molecule has 0 saturated heterocycles. The van der Waals surface area contributed by atoms with E-state index < -0.39 is 0 Å². The number of nitrogens with one attached hydrogen (secondary N) is 2. The van der Waals surface area contributed by atoms with Crippen LogP contribution in [-0.2, 0) is 19.5 Å². The van der Waals surface area contributed by atoms with E-state index in [0.717, 1.165) is 42.1 Å². The number of rotatable bonds is 5. The van der Waals surface area contributed by atoms with Crippen molar-refractivity contribution in [2.24, 2.45) is 0 Å². The molecule has 1 aliphatic heterocycles. The lowest BCUT2D eigenvalue weighted by atomic mass is 10.1. The fourth-order valence-electron chi connectivity index (χ4n) is 3.40. The van der Waals surface area contributed by atoms with E-state index in [-0.39, 0.29) is 11.8 Å². The average Bonchev–Trinajstić information content (AvgIpc) is 3.37. The quantitative estimate of drug-likeness (QED) is 0.714. The maximum Gasteiger partial charge on any atom is 0.321 e. The summed E-state index contributed by atoms with van der Waals surface area (Å²) in [5.74, 6) is -0.287. The number of carbonyl (C=O) groups excluding carboxylic acids is 1. The molecular weight excluding hydrogens is 357 g/mol. The van der Waals surface area contributed by atoms with Crippen LogP contribution in [-0.4, -0.2) is 29.6 Å². The number of fused-ring (bicyclic) bond motifs is 1. The highest BCUT2D eigenvalue weighted by molar-refractivity contribution is 5.92. The van der Waals surface area contributed by atoms with E-state index in [0.29, 0.717) is 6.54 Å². The van der Waals surface area contributed by atoms with Gasteiger partial charge in [-0.3, -0.25) is 4.90 Å². The number of aromatic amines is 1. The fourth-order valence-corrected chi connectivity index (χ4v) is 3.40. The van der Waals surface area contributed by atoms with Crippen molar-refractivity contribution in [2.45, 2.75) is 19.5 Å². The van der Waals surface area contributed by atoms with E-state index in [2.05, 4.69) is 26.3 Å². The van der Waals surface area contributed by atoms with Crippen molar-refractivity contribution in [3.63, 3.8) is 0 Å². The van der Waals surface area contributed by atoms with Gasteiger partial charge in [0.25, 0.3) is 0 Å². The molecule has 0 spiro atoms. The van der Waals surface area contributed by atoms with E-state index in [4.69, 9.17) is 0 Å². The minimum atomic E-state index is -0.287. The molecule has 2 N–H and O–H groups in total. The Morgan fingerprint density at radius 3 is 2.86 bits per heavy atom. The van der Waals surface area contributed by atoms with E-state index in [1.165, 1.54) is 17.7 Å². The molecule has 2 amide bonds. The zero-order valence-corrected chi connectivity index (χ0v) is 15.7. The molecule has 0 aliphatic carbocycles. The van der Waals surface area contributed by atoms with Crippen molar-refractivity contribution in [3.05, 3.63) is 77.6 Å². The van der Waals surface area contributed by atoms with Crippen LogP contribution in [0.2, 0.25) is 0 Å². The number of halogens is 1. The Kier molecular flexibility index (Phi) is 4.97. The molecule has 3 aromatic rings. The van der Waals surface area contributed by atoms with Crippen LogP contribution in [0.3, 0.4) is 0 Å². The third-order valence-corrected chi connectivity index (χ3v) is 5.02. The normalized spacial score (nSPS) is 12.7. The first kappa shape index (κ1) is 18.0. The summed E-state index contributed by atoms with van der Waals surface area (Å²) in [4.78, 5) is 23.7. The summed E-state index contributed by atoms with van der Waals surface area (Å²) in [5, 5.41) is 2.87. The summed E-state index contributed by atoms with van der Waals surface area (Å²) in [5.41, 5.74) is 5.08. The molecule has 0 unspecified atom stereocenters. The Bertz CT molecular complexity index is 955. The van der Waals surface area contributed by atoms with Gasteiger partial charge in [0.15, 0.2) is 0 Å². The summed E-state index contributed by atoms with van der Waals surface area (Å²) in [6.45, 7) is 2.02. The van der Waals surface area contributed by atoms with Crippen LogP contribution in [0.25, 0.3) is 0 Å². The third kappa shape index (κ3) is 3.83. The SMILES string of the molecule is CN(C(=O)NCc1ccc(F)cc1)c1ccc2c(c1)N(Cc1c[nH]cn1)CC2. The zero-order valence-electron chi connectivity index (χ0n) is 15.7. The lowest BCUT2D eigenvalue weighted by Crippen LogP contribution is -2.36. The highest BCUT2D eigenvalue weighted by atomic mass is 19.1. The molecule has 0 fully saturated rings. The lowest BCUT2D eigenvalue weighted by molar-refractivity contribution is 0.247. The summed E-state index contributed by atoms with van der Waals surface area (Å²) < 4.78 is 13.0. The second kappa shape index (κ2) is 7.72. The topological polar surface area (TPSA) is 64.3 Å². The largest absolute Gasteiger partial charge is 0.365 e. The van der Waals surface area contributed by atoms with Gasteiger partial charge in [0.05, 0.1) is 18.6 Å². The van der Waals surface area contributed by atoms with Crippen LogP contribution in [0.15, 0.2) is 55.0 Å². The lowest BCUT2D eigenvalue weighted by Gasteiger charge is -2.22. The number of hydrogen-bond acceptors (Lipinski definition) is 3. The van der Waals surface area contributed by atoms with Gasteiger partial charge in [0.2, 0.25) is 0 Å². The van der Waals surface area contributed by atoms with Crippen molar-refractivity contribution < 1.29 is 9.18 Å². The Morgan fingerprint density at radius 2 is 2.11 bits per heavy atom. The predicted molar refractivity (Wildman–Crippen MR) is 107 cm³/mol. The monoisotopic (exact) mass is 379 g/mol. The predicted octanol–water partition coefficient (Wildman–Crippen LogP) is 3.46. The van der Waals surface area contributed by atoms with Gasteiger partial charge >= 0.3 is 6.03 Å². The molecule has 0 atom stereocenters. The van der Waals surface area contributed by atoms with Crippen LogP contribution >= 0.6 is 0 Å². The van der Waals surface area contributed by atoms with Gasteiger partial charge in [0.1, 0.15) is 5.82 Å². The number of benzene rings is 2. The van der Waals surface area contributed by atoms with Crippen LogP contribution in [0, 0.1) is 5.82 Å². The number of anilines is 2. The van der Waals surface area contributed by atoms with Crippen molar-refractivity contribution >= 4 is 17.4 Å². The van der Waals surface area contributed by atoms with Crippen molar-refractivity contribution in [1.82, 2.24) is 15.3 Å². The Hall–Kier alpha value is -3.35. The number of H-pyrrole nitrogens is 1. The number of imidazole rings is 1. The maximum atomic E-state index is 13.0. The number of hydrogen-bond donors (Lipinski definition) is 2. The summed E-state index contributed by atoms with van der Waals surface area (Å²) in [6, 6.07) is 12.0. The molecule has 1 aliphatic rings. The Morgan fingerprint density at radius 1 is 1.29 bits per heavy atom. The van der Waals surface area contributed by atoms with Gasteiger partial charge in [-0.25, -0.2) is 14.2 Å². The molecule has 0 radical (unpaired) electrons. The van der Waals surface area contributed by atoms with Crippen LogP contribution < -0.4 is 15.1 Å². The molecule has 4 rings (SSSR count). The van der Waals surface area contributed by atoms with Crippen LogP contribution in [0.4, 0.5) is 20.6 Å². The van der Waals surface area contributed by atoms with Gasteiger partial charge in [-0.15, -0.1) is 0 Å². The van der Waals surface area contributed by atoms with Gasteiger partial charge in [-0.1, -0.05) is 18.2 Å². The molecule has 1 aromatic heterocycles. The molecule has 2 heterocycles.